The van der Waals surface area contributed by atoms with E-state index in [9.17, 15) is 0 Å². The van der Waals surface area contributed by atoms with Crippen LogP contribution in [0.5, 0.6) is 0 Å². The van der Waals surface area contributed by atoms with Crippen LogP contribution in [0.3, 0.4) is 0 Å². The molecule has 0 radical (unpaired) electrons. The van der Waals surface area contributed by atoms with Crippen LogP contribution < -0.4 is 10.6 Å². The summed E-state index contributed by atoms with van der Waals surface area (Å²) in [4.78, 5) is 1.24. The lowest BCUT2D eigenvalue weighted by atomic mass is 10.1. The minimum absolute atomic E-state index is 0.0566. The summed E-state index contributed by atoms with van der Waals surface area (Å²) in [5, 5.41) is 9.44. The van der Waals surface area contributed by atoms with Crippen molar-refractivity contribution in [3.63, 3.8) is 0 Å². The van der Waals surface area contributed by atoms with Crippen LogP contribution in [0.2, 0.25) is 0 Å². The van der Waals surface area contributed by atoms with Gasteiger partial charge in [-0.3, -0.25) is 0 Å². The Labute approximate surface area is 152 Å². The van der Waals surface area contributed by atoms with E-state index in [-0.39, 0.29) is 6.04 Å². The molecule has 0 bridgehead atoms. The molecule has 1 atom stereocenters. The zero-order chi connectivity index (χ0) is 16.8. The number of aryl methyl sites for hydroxylation is 1. The first-order valence-corrected chi connectivity index (χ1v) is 9.30. The van der Waals surface area contributed by atoms with Crippen LogP contribution in [-0.4, -0.2) is 5.11 Å². The zero-order valence-electron chi connectivity index (χ0n) is 13.5. The van der Waals surface area contributed by atoms with Gasteiger partial charge in [0, 0.05) is 10.6 Å². The van der Waals surface area contributed by atoms with E-state index in [2.05, 4.69) is 83.6 Å². The molecule has 4 heteroatoms. The quantitative estimate of drug-likeness (QED) is 0.602. The topological polar surface area (TPSA) is 24.1 Å². The SMILES string of the molecule is CCc1ccc(NC(=S)N[C@H](c2ccccc2)c2cccs2)cc1. The second kappa shape index (κ2) is 8.08. The lowest BCUT2D eigenvalue weighted by Crippen LogP contribution is -2.32. The Morgan fingerprint density at radius 1 is 1.00 bits per heavy atom. The van der Waals surface area contributed by atoms with Crippen LogP contribution in [0.4, 0.5) is 5.69 Å². The molecule has 0 aliphatic heterocycles. The van der Waals surface area contributed by atoms with E-state index in [1.54, 1.807) is 11.3 Å². The number of hydrogen-bond donors (Lipinski definition) is 2. The van der Waals surface area contributed by atoms with Crippen LogP contribution in [-0.2, 0) is 6.42 Å². The first-order chi connectivity index (χ1) is 11.8. The number of thiophene rings is 1. The van der Waals surface area contributed by atoms with Crippen LogP contribution in [0, 0.1) is 0 Å². The molecule has 122 valence electrons. The predicted octanol–water partition coefficient (Wildman–Crippen LogP) is 5.39. The highest BCUT2D eigenvalue weighted by Crippen LogP contribution is 2.26. The van der Waals surface area contributed by atoms with Crippen LogP contribution in [0.15, 0.2) is 72.1 Å². The summed E-state index contributed by atoms with van der Waals surface area (Å²) in [5.41, 5.74) is 3.52. The standard InChI is InChI=1S/C20H20N2S2/c1-2-15-10-12-17(13-11-15)21-20(23)22-19(18-9-6-14-24-18)16-7-4-3-5-8-16/h3-14,19H,2H2,1H3,(H2,21,22,23)/t19-/m1/s1. The maximum atomic E-state index is 5.53. The van der Waals surface area contributed by atoms with Gasteiger partial charge in [-0.2, -0.15) is 0 Å². The van der Waals surface area contributed by atoms with Crippen LogP contribution in [0.25, 0.3) is 0 Å². The number of nitrogens with one attached hydrogen (secondary N) is 2. The molecule has 1 heterocycles. The molecule has 0 fully saturated rings. The Hall–Kier alpha value is -2.17. The molecule has 2 N–H and O–H groups in total. The third-order valence-electron chi connectivity index (χ3n) is 3.86. The molecule has 1 aromatic heterocycles. The molecular weight excluding hydrogens is 332 g/mol. The monoisotopic (exact) mass is 352 g/mol. The molecule has 0 unspecified atom stereocenters. The first-order valence-electron chi connectivity index (χ1n) is 8.01. The first kappa shape index (κ1) is 16.7. The lowest BCUT2D eigenvalue weighted by Gasteiger charge is -2.20. The normalized spacial score (nSPS) is 11.7. The largest absolute Gasteiger partial charge is 0.351 e. The van der Waals surface area contributed by atoms with Crippen LogP contribution >= 0.6 is 23.6 Å². The van der Waals surface area contributed by atoms with Gasteiger partial charge in [-0.25, -0.2) is 0 Å². The Kier molecular flexibility index (Phi) is 5.62. The van der Waals surface area contributed by atoms with Gasteiger partial charge in [0.2, 0.25) is 0 Å². The highest BCUT2D eigenvalue weighted by molar-refractivity contribution is 7.80. The molecule has 0 saturated heterocycles. The smallest absolute Gasteiger partial charge is 0.171 e. The van der Waals surface area contributed by atoms with Crippen molar-refractivity contribution >= 4 is 34.4 Å². The van der Waals surface area contributed by atoms with E-state index in [0.717, 1.165) is 12.1 Å². The third kappa shape index (κ3) is 4.22. The van der Waals surface area contributed by atoms with Crippen molar-refractivity contribution < 1.29 is 0 Å². The number of thiocarbonyl (C=S) groups is 1. The molecule has 0 amide bonds. The number of anilines is 1. The van der Waals surface area contributed by atoms with Crippen molar-refractivity contribution in [2.75, 3.05) is 5.32 Å². The molecule has 0 spiro atoms. The Morgan fingerprint density at radius 3 is 2.38 bits per heavy atom. The van der Waals surface area contributed by atoms with Gasteiger partial charge in [0.15, 0.2) is 5.11 Å². The van der Waals surface area contributed by atoms with E-state index >= 15 is 0 Å². The van der Waals surface area contributed by atoms with E-state index in [1.165, 1.54) is 16.0 Å². The highest BCUT2D eigenvalue weighted by atomic mass is 32.1. The molecular formula is C20H20N2S2. The van der Waals surface area contributed by atoms with E-state index in [4.69, 9.17) is 12.2 Å². The molecule has 3 rings (SSSR count). The van der Waals surface area contributed by atoms with Gasteiger partial charge in [-0.05, 0) is 53.3 Å². The van der Waals surface area contributed by atoms with Crippen molar-refractivity contribution in [3.8, 4) is 0 Å². The number of rotatable bonds is 5. The van der Waals surface area contributed by atoms with Crippen molar-refractivity contribution in [1.82, 2.24) is 5.32 Å². The molecule has 0 saturated carbocycles. The summed E-state index contributed by atoms with van der Waals surface area (Å²) < 4.78 is 0. The van der Waals surface area contributed by atoms with Gasteiger partial charge in [0.25, 0.3) is 0 Å². The summed E-state index contributed by atoms with van der Waals surface area (Å²) in [6.45, 7) is 2.15. The minimum Gasteiger partial charge on any atom is -0.351 e. The second-order valence-electron chi connectivity index (χ2n) is 5.51. The summed E-state index contributed by atoms with van der Waals surface area (Å²) in [6, 6.07) is 23.0. The molecule has 0 aliphatic carbocycles. The highest BCUT2D eigenvalue weighted by Gasteiger charge is 2.16. The van der Waals surface area contributed by atoms with Gasteiger partial charge in [-0.15, -0.1) is 11.3 Å². The third-order valence-corrected chi connectivity index (χ3v) is 5.01. The van der Waals surface area contributed by atoms with E-state index < -0.39 is 0 Å². The number of benzene rings is 2. The fraction of sp³-hybridized carbons (Fsp3) is 0.150. The van der Waals surface area contributed by atoms with Gasteiger partial charge >= 0.3 is 0 Å². The Balaban J connectivity index is 1.73. The summed E-state index contributed by atoms with van der Waals surface area (Å²) in [7, 11) is 0. The Bertz CT molecular complexity index is 765. The second-order valence-corrected chi connectivity index (χ2v) is 6.90. The number of hydrogen-bond acceptors (Lipinski definition) is 2. The molecule has 2 nitrogen and oxygen atoms in total. The molecule has 3 aromatic rings. The van der Waals surface area contributed by atoms with Crippen molar-refractivity contribution in [1.29, 1.82) is 0 Å². The minimum atomic E-state index is 0.0566. The fourth-order valence-electron chi connectivity index (χ4n) is 2.54. The van der Waals surface area contributed by atoms with Gasteiger partial charge in [0.1, 0.15) is 0 Å². The van der Waals surface area contributed by atoms with E-state index in [0.29, 0.717) is 5.11 Å². The van der Waals surface area contributed by atoms with Crippen LogP contribution in [0.1, 0.15) is 29.0 Å². The average Bonchev–Trinajstić information content (AvgIpc) is 3.15. The molecule has 24 heavy (non-hydrogen) atoms. The van der Waals surface area contributed by atoms with Gasteiger partial charge < -0.3 is 10.6 Å². The van der Waals surface area contributed by atoms with Crippen molar-refractivity contribution in [3.05, 3.63) is 88.1 Å². The van der Waals surface area contributed by atoms with Crippen molar-refractivity contribution in [2.45, 2.75) is 19.4 Å². The molecule has 2 aromatic carbocycles. The summed E-state index contributed by atoms with van der Waals surface area (Å²) >= 11 is 7.26. The van der Waals surface area contributed by atoms with Gasteiger partial charge in [0.05, 0.1) is 6.04 Å². The van der Waals surface area contributed by atoms with Gasteiger partial charge in [-0.1, -0.05) is 55.5 Å². The Morgan fingerprint density at radius 2 is 1.75 bits per heavy atom. The van der Waals surface area contributed by atoms with E-state index in [1.807, 2.05) is 6.07 Å². The summed E-state index contributed by atoms with van der Waals surface area (Å²) in [5.74, 6) is 0. The lowest BCUT2D eigenvalue weighted by molar-refractivity contribution is 0.784. The zero-order valence-corrected chi connectivity index (χ0v) is 15.2. The predicted molar refractivity (Wildman–Crippen MR) is 108 cm³/mol. The fourth-order valence-corrected chi connectivity index (χ4v) is 3.58. The average molecular weight is 353 g/mol. The summed E-state index contributed by atoms with van der Waals surface area (Å²) in [6.07, 6.45) is 1.04. The maximum absolute atomic E-state index is 5.53. The maximum Gasteiger partial charge on any atom is 0.171 e. The molecule has 0 aliphatic rings. The van der Waals surface area contributed by atoms with Crippen molar-refractivity contribution in [2.24, 2.45) is 0 Å².